The van der Waals surface area contributed by atoms with Crippen LogP contribution in [0.3, 0.4) is 0 Å². The number of piperazine rings is 1. The van der Waals surface area contributed by atoms with Crippen molar-refractivity contribution in [1.29, 1.82) is 0 Å². The first-order valence-corrected chi connectivity index (χ1v) is 15.9. The summed E-state index contributed by atoms with van der Waals surface area (Å²) in [6, 6.07) is 15.1. The van der Waals surface area contributed by atoms with Crippen molar-refractivity contribution in [2.45, 2.75) is 26.3 Å². The number of carbonyl (C=O) groups is 2. The Morgan fingerprint density at radius 3 is 2.67 bits per heavy atom. The third kappa shape index (κ3) is 7.07. The molecule has 0 spiro atoms. The van der Waals surface area contributed by atoms with Crippen molar-refractivity contribution >= 4 is 35.1 Å². The lowest BCUT2D eigenvalue weighted by molar-refractivity contribution is -0.115. The fourth-order valence-corrected chi connectivity index (χ4v) is 6.19. The van der Waals surface area contributed by atoms with E-state index in [1.807, 2.05) is 60.1 Å². The molecule has 1 fully saturated rings. The maximum atomic E-state index is 13.0. The number of nitrogen functional groups attached to an aromatic ring is 1. The summed E-state index contributed by atoms with van der Waals surface area (Å²) in [5, 5.41) is 6.61. The van der Waals surface area contributed by atoms with Crippen LogP contribution in [-0.4, -0.2) is 75.4 Å². The number of rotatable bonds is 7. The average Bonchev–Trinajstić information content (AvgIpc) is 3.39. The van der Waals surface area contributed by atoms with Crippen LogP contribution in [0.15, 0.2) is 54.7 Å². The topological polar surface area (TPSA) is 121 Å². The molecule has 46 heavy (non-hydrogen) atoms. The second kappa shape index (κ2) is 13.7. The van der Waals surface area contributed by atoms with Crippen molar-refractivity contribution < 1.29 is 9.59 Å². The predicted molar refractivity (Wildman–Crippen MR) is 180 cm³/mol. The maximum absolute atomic E-state index is 13.0. The molecule has 0 bridgehead atoms. The standard InChI is InChI=1S/C35H37ClN8O2/c1-3-43-13-15-44(16-14-43)22-26-19-27(9-10-29(26)36)40-32(45)18-24-6-4-5-23(17-24)7-8-25-21-39-35(37)41-33(25)31-20-28-30(42(31)2)11-12-38-34(28)46/h4-6,9-10,17,19-21H,3,11-16,18,22H2,1-2H3,(H,38,46)(H,40,45)(H2,37,39,41). The summed E-state index contributed by atoms with van der Waals surface area (Å²) in [5.41, 5.74) is 12.7. The van der Waals surface area contributed by atoms with Crippen molar-refractivity contribution in [3.63, 3.8) is 0 Å². The van der Waals surface area contributed by atoms with Gasteiger partial charge >= 0.3 is 0 Å². The molecule has 6 rings (SSSR count). The second-order valence-electron chi connectivity index (χ2n) is 11.6. The zero-order valence-corrected chi connectivity index (χ0v) is 26.8. The number of nitrogens with zero attached hydrogens (tertiary/aromatic N) is 5. The van der Waals surface area contributed by atoms with Crippen molar-refractivity contribution in [2.75, 3.05) is 50.3 Å². The summed E-state index contributed by atoms with van der Waals surface area (Å²) in [6.45, 7) is 8.71. The Bertz CT molecular complexity index is 1850. The number of hydrogen-bond donors (Lipinski definition) is 3. The molecule has 2 amide bonds. The van der Waals surface area contributed by atoms with Crippen LogP contribution in [0, 0.1) is 11.8 Å². The van der Waals surface area contributed by atoms with Gasteiger partial charge in [0.2, 0.25) is 11.9 Å². The van der Waals surface area contributed by atoms with Gasteiger partial charge in [-0.15, -0.1) is 0 Å². The Labute approximate surface area is 274 Å². The van der Waals surface area contributed by atoms with E-state index < -0.39 is 0 Å². The number of hydrogen-bond acceptors (Lipinski definition) is 7. The highest BCUT2D eigenvalue weighted by Gasteiger charge is 2.24. The van der Waals surface area contributed by atoms with E-state index in [4.69, 9.17) is 17.3 Å². The molecule has 2 aliphatic rings. The Hall–Kier alpha value is -4.69. The quantitative estimate of drug-likeness (QED) is 0.264. The Morgan fingerprint density at radius 1 is 1.09 bits per heavy atom. The summed E-state index contributed by atoms with van der Waals surface area (Å²) in [6.07, 6.45) is 2.52. The molecule has 0 saturated carbocycles. The first kappa shape index (κ1) is 31.3. The van der Waals surface area contributed by atoms with Crippen LogP contribution in [0.2, 0.25) is 5.02 Å². The monoisotopic (exact) mass is 636 g/mol. The summed E-state index contributed by atoms with van der Waals surface area (Å²) < 4.78 is 1.97. The van der Waals surface area contributed by atoms with Crippen LogP contribution < -0.4 is 16.4 Å². The van der Waals surface area contributed by atoms with Gasteiger partial charge in [-0.2, -0.15) is 0 Å². The van der Waals surface area contributed by atoms with E-state index in [9.17, 15) is 9.59 Å². The molecule has 2 aromatic carbocycles. The molecule has 4 heterocycles. The van der Waals surface area contributed by atoms with Crippen molar-refractivity contribution in [3.8, 4) is 23.2 Å². The van der Waals surface area contributed by atoms with Crippen LogP contribution in [0.25, 0.3) is 11.4 Å². The molecule has 2 aliphatic heterocycles. The van der Waals surface area contributed by atoms with E-state index in [2.05, 4.69) is 49.2 Å². The van der Waals surface area contributed by atoms with Crippen LogP contribution in [0.4, 0.5) is 11.6 Å². The SMILES string of the molecule is CCN1CCN(Cc2cc(NC(=O)Cc3cccc(C#Cc4cnc(N)nc4-c4cc5c(n4C)CCNC5=O)c3)ccc2Cl)CC1. The molecular formula is C35H37ClN8O2. The zero-order chi connectivity index (χ0) is 32.2. The van der Waals surface area contributed by atoms with Gasteiger partial charge in [-0.1, -0.05) is 42.5 Å². The number of anilines is 2. The minimum absolute atomic E-state index is 0.101. The van der Waals surface area contributed by atoms with Crippen molar-refractivity contribution in [3.05, 3.63) is 93.3 Å². The molecule has 2 aromatic heterocycles. The Kier molecular flexibility index (Phi) is 9.35. The van der Waals surface area contributed by atoms with Gasteiger partial charge in [-0.05, 0) is 54.1 Å². The maximum Gasteiger partial charge on any atom is 0.253 e. The van der Waals surface area contributed by atoms with Gasteiger partial charge < -0.3 is 25.8 Å². The van der Waals surface area contributed by atoms with Gasteiger partial charge in [0.05, 0.1) is 23.2 Å². The number of benzene rings is 2. The molecular weight excluding hydrogens is 600 g/mol. The van der Waals surface area contributed by atoms with Gasteiger partial charge in [0.25, 0.3) is 5.91 Å². The summed E-state index contributed by atoms with van der Waals surface area (Å²) in [4.78, 5) is 39.0. The highest BCUT2D eigenvalue weighted by Crippen LogP contribution is 2.28. The first-order valence-electron chi connectivity index (χ1n) is 15.5. The molecule has 10 nitrogen and oxygen atoms in total. The van der Waals surface area contributed by atoms with E-state index in [1.54, 1.807) is 6.20 Å². The summed E-state index contributed by atoms with van der Waals surface area (Å²) in [5.74, 6) is 6.27. The molecule has 0 unspecified atom stereocenters. The molecule has 4 aromatic rings. The number of carbonyl (C=O) groups excluding carboxylic acids is 2. The number of aromatic nitrogens is 3. The lowest BCUT2D eigenvalue weighted by Crippen LogP contribution is -2.45. The molecule has 0 aliphatic carbocycles. The first-order chi connectivity index (χ1) is 22.3. The summed E-state index contributed by atoms with van der Waals surface area (Å²) >= 11 is 6.52. The molecule has 11 heteroatoms. The number of nitrogens with two attached hydrogens (primary N) is 1. The lowest BCUT2D eigenvalue weighted by Gasteiger charge is -2.34. The normalized spacial score (nSPS) is 15.1. The van der Waals surface area contributed by atoms with Gasteiger partial charge in [-0.25, -0.2) is 9.97 Å². The van der Waals surface area contributed by atoms with Crippen molar-refractivity contribution in [2.24, 2.45) is 7.05 Å². The van der Waals surface area contributed by atoms with Crippen LogP contribution >= 0.6 is 11.6 Å². The van der Waals surface area contributed by atoms with E-state index >= 15 is 0 Å². The predicted octanol–water partition coefficient (Wildman–Crippen LogP) is 3.72. The number of fused-ring (bicyclic) bond motifs is 1. The highest BCUT2D eigenvalue weighted by molar-refractivity contribution is 6.31. The van der Waals surface area contributed by atoms with Crippen molar-refractivity contribution in [1.82, 2.24) is 29.7 Å². The van der Waals surface area contributed by atoms with Gasteiger partial charge in [0, 0.05) is 80.9 Å². The van der Waals surface area contributed by atoms with E-state index in [1.165, 1.54) is 0 Å². The minimum atomic E-state index is -0.124. The fourth-order valence-electron chi connectivity index (χ4n) is 6.01. The van der Waals surface area contributed by atoms with E-state index in [0.717, 1.165) is 79.5 Å². The Balaban J connectivity index is 1.15. The number of halogens is 1. The molecule has 236 valence electrons. The molecule has 4 N–H and O–H groups in total. The lowest BCUT2D eigenvalue weighted by atomic mass is 10.1. The van der Waals surface area contributed by atoms with Gasteiger partial charge in [0.1, 0.15) is 5.69 Å². The van der Waals surface area contributed by atoms with Crippen LogP contribution in [0.5, 0.6) is 0 Å². The van der Waals surface area contributed by atoms with Gasteiger partial charge in [-0.3, -0.25) is 14.5 Å². The third-order valence-electron chi connectivity index (χ3n) is 8.57. The van der Waals surface area contributed by atoms with E-state index in [0.29, 0.717) is 28.4 Å². The zero-order valence-electron chi connectivity index (χ0n) is 26.1. The third-order valence-corrected chi connectivity index (χ3v) is 8.94. The van der Waals surface area contributed by atoms with Gasteiger partial charge in [0.15, 0.2) is 0 Å². The van der Waals surface area contributed by atoms with E-state index in [-0.39, 0.29) is 24.2 Å². The smallest absolute Gasteiger partial charge is 0.253 e. The molecule has 1 saturated heterocycles. The molecule has 0 atom stereocenters. The Morgan fingerprint density at radius 2 is 1.89 bits per heavy atom. The average molecular weight is 637 g/mol. The number of nitrogens with one attached hydrogen (secondary N) is 2. The second-order valence-corrected chi connectivity index (χ2v) is 12.0. The number of likely N-dealkylation sites (N-methyl/N-ethyl adjacent to an activating group) is 1. The minimum Gasteiger partial charge on any atom is -0.368 e. The largest absolute Gasteiger partial charge is 0.368 e. The van der Waals surface area contributed by atoms with Crippen LogP contribution in [-0.2, 0) is 31.2 Å². The van der Waals surface area contributed by atoms with Crippen LogP contribution in [0.1, 0.15) is 45.2 Å². The number of amides is 2. The highest BCUT2D eigenvalue weighted by atomic mass is 35.5. The molecule has 0 radical (unpaired) electrons. The fraction of sp³-hybridized carbons (Fsp3) is 0.314. The summed E-state index contributed by atoms with van der Waals surface area (Å²) in [7, 11) is 1.91.